The molecule has 0 aromatic carbocycles. The second-order valence-corrected chi connectivity index (χ2v) is 3.11. The summed E-state index contributed by atoms with van der Waals surface area (Å²) in [7, 11) is 0. The molecule has 10 heavy (non-hydrogen) atoms. The molecule has 1 saturated carbocycles. The molecule has 0 bridgehead atoms. The molecular weight excluding hydrogens is 124 g/mol. The number of nitrogens with zero attached hydrogens (tertiary/aromatic N) is 1. The lowest BCUT2D eigenvalue weighted by atomic mass is 9.86. The summed E-state index contributed by atoms with van der Waals surface area (Å²) in [4.78, 5) is 2.49. The van der Waals surface area contributed by atoms with E-state index in [0.717, 1.165) is 6.04 Å². The Morgan fingerprint density at radius 2 is 1.80 bits per heavy atom. The number of hydrogen-bond acceptors (Lipinski definition) is 2. The molecule has 0 amide bonds. The zero-order valence-electron chi connectivity index (χ0n) is 7.01. The van der Waals surface area contributed by atoms with Crippen LogP contribution in [0.5, 0.6) is 0 Å². The van der Waals surface area contributed by atoms with Gasteiger partial charge in [-0.05, 0) is 25.9 Å². The second-order valence-electron chi connectivity index (χ2n) is 3.11. The van der Waals surface area contributed by atoms with Crippen LogP contribution in [0.2, 0.25) is 0 Å². The van der Waals surface area contributed by atoms with Crippen molar-refractivity contribution in [2.75, 3.05) is 13.1 Å². The SMILES string of the molecule is CCN(CC)C1CC(N)C1. The van der Waals surface area contributed by atoms with Gasteiger partial charge in [0.15, 0.2) is 0 Å². The van der Waals surface area contributed by atoms with Gasteiger partial charge < -0.3 is 10.6 Å². The van der Waals surface area contributed by atoms with E-state index in [2.05, 4.69) is 18.7 Å². The fourth-order valence-electron chi connectivity index (χ4n) is 1.67. The zero-order valence-corrected chi connectivity index (χ0v) is 7.01. The van der Waals surface area contributed by atoms with Crippen LogP contribution in [0.4, 0.5) is 0 Å². The van der Waals surface area contributed by atoms with Gasteiger partial charge in [-0.25, -0.2) is 0 Å². The molecule has 2 nitrogen and oxygen atoms in total. The van der Waals surface area contributed by atoms with Crippen molar-refractivity contribution in [1.82, 2.24) is 4.90 Å². The average Bonchev–Trinajstić information content (AvgIpc) is 1.87. The molecule has 1 rings (SSSR count). The Bertz CT molecular complexity index is 93.4. The molecule has 2 N–H and O–H groups in total. The van der Waals surface area contributed by atoms with E-state index in [-0.39, 0.29) is 0 Å². The lowest BCUT2D eigenvalue weighted by Crippen LogP contribution is -2.50. The van der Waals surface area contributed by atoms with Gasteiger partial charge in [-0.2, -0.15) is 0 Å². The first-order chi connectivity index (χ1) is 4.77. The summed E-state index contributed by atoms with van der Waals surface area (Å²) < 4.78 is 0. The van der Waals surface area contributed by atoms with Crippen LogP contribution in [0.1, 0.15) is 26.7 Å². The van der Waals surface area contributed by atoms with Gasteiger partial charge in [-0.3, -0.25) is 0 Å². The Labute approximate surface area is 63.4 Å². The molecule has 0 aromatic rings. The first-order valence-corrected chi connectivity index (χ1v) is 4.27. The third-order valence-corrected chi connectivity index (χ3v) is 2.48. The Morgan fingerprint density at radius 1 is 1.30 bits per heavy atom. The molecule has 0 radical (unpaired) electrons. The predicted octanol–water partition coefficient (Wildman–Crippen LogP) is 0.818. The van der Waals surface area contributed by atoms with Crippen molar-refractivity contribution < 1.29 is 0 Å². The van der Waals surface area contributed by atoms with Crippen LogP contribution in [0.25, 0.3) is 0 Å². The maximum atomic E-state index is 5.69. The van der Waals surface area contributed by atoms with E-state index in [1.165, 1.54) is 25.9 Å². The van der Waals surface area contributed by atoms with Crippen molar-refractivity contribution in [3.8, 4) is 0 Å². The Hall–Kier alpha value is -0.0800. The summed E-state index contributed by atoms with van der Waals surface area (Å²) in [6.07, 6.45) is 2.42. The number of nitrogens with two attached hydrogens (primary N) is 1. The molecule has 1 aliphatic carbocycles. The number of rotatable bonds is 3. The maximum absolute atomic E-state index is 5.69. The van der Waals surface area contributed by atoms with Crippen LogP contribution in [0.3, 0.4) is 0 Å². The average molecular weight is 142 g/mol. The van der Waals surface area contributed by atoms with Crippen LogP contribution in [0, 0.1) is 0 Å². The predicted molar refractivity (Wildman–Crippen MR) is 43.9 cm³/mol. The van der Waals surface area contributed by atoms with Crippen molar-refractivity contribution in [2.45, 2.75) is 38.8 Å². The third kappa shape index (κ3) is 1.50. The number of hydrogen-bond donors (Lipinski definition) is 1. The Balaban J connectivity index is 2.21. The highest BCUT2D eigenvalue weighted by Gasteiger charge is 2.29. The van der Waals surface area contributed by atoms with Crippen molar-refractivity contribution in [2.24, 2.45) is 5.73 Å². The second kappa shape index (κ2) is 3.35. The van der Waals surface area contributed by atoms with E-state index in [1.54, 1.807) is 0 Å². The standard InChI is InChI=1S/C8H18N2/c1-3-10(4-2)8-5-7(9)6-8/h7-8H,3-6,9H2,1-2H3. The fourth-order valence-corrected chi connectivity index (χ4v) is 1.67. The lowest BCUT2D eigenvalue weighted by Gasteiger charge is -2.40. The molecule has 0 atom stereocenters. The van der Waals surface area contributed by atoms with Crippen molar-refractivity contribution in [3.05, 3.63) is 0 Å². The molecular formula is C8H18N2. The summed E-state index contributed by atoms with van der Waals surface area (Å²) in [5, 5.41) is 0. The molecule has 1 aliphatic rings. The van der Waals surface area contributed by atoms with E-state index in [4.69, 9.17) is 5.73 Å². The third-order valence-electron chi connectivity index (χ3n) is 2.48. The quantitative estimate of drug-likeness (QED) is 0.632. The normalized spacial score (nSPS) is 32.4. The van der Waals surface area contributed by atoms with Gasteiger partial charge in [-0.15, -0.1) is 0 Å². The minimum atomic E-state index is 0.491. The summed E-state index contributed by atoms with van der Waals surface area (Å²) in [5.74, 6) is 0. The molecule has 2 heteroatoms. The summed E-state index contributed by atoms with van der Waals surface area (Å²) >= 11 is 0. The van der Waals surface area contributed by atoms with Gasteiger partial charge in [0.1, 0.15) is 0 Å². The lowest BCUT2D eigenvalue weighted by molar-refractivity contribution is 0.123. The molecule has 0 saturated heterocycles. The highest BCUT2D eigenvalue weighted by molar-refractivity contribution is 4.88. The van der Waals surface area contributed by atoms with Gasteiger partial charge in [-0.1, -0.05) is 13.8 Å². The summed E-state index contributed by atoms with van der Waals surface area (Å²) in [5.41, 5.74) is 5.69. The van der Waals surface area contributed by atoms with Crippen LogP contribution in [-0.2, 0) is 0 Å². The van der Waals surface area contributed by atoms with Crippen molar-refractivity contribution >= 4 is 0 Å². The summed E-state index contributed by atoms with van der Waals surface area (Å²) in [6.45, 7) is 6.78. The molecule has 0 unspecified atom stereocenters. The van der Waals surface area contributed by atoms with E-state index in [0.29, 0.717) is 6.04 Å². The maximum Gasteiger partial charge on any atom is 0.0124 e. The topological polar surface area (TPSA) is 29.3 Å². The summed E-state index contributed by atoms with van der Waals surface area (Å²) in [6, 6.07) is 1.29. The highest BCUT2D eigenvalue weighted by Crippen LogP contribution is 2.23. The van der Waals surface area contributed by atoms with Crippen molar-refractivity contribution in [1.29, 1.82) is 0 Å². The first kappa shape index (κ1) is 8.02. The molecule has 0 spiro atoms. The molecule has 0 aromatic heterocycles. The zero-order chi connectivity index (χ0) is 7.56. The Kier molecular flexibility index (Phi) is 2.69. The smallest absolute Gasteiger partial charge is 0.0124 e. The van der Waals surface area contributed by atoms with Crippen LogP contribution in [0.15, 0.2) is 0 Å². The van der Waals surface area contributed by atoms with Crippen LogP contribution >= 0.6 is 0 Å². The van der Waals surface area contributed by atoms with Gasteiger partial charge in [0.2, 0.25) is 0 Å². The fraction of sp³-hybridized carbons (Fsp3) is 1.00. The van der Waals surface area contributed by atoms with Gasteiger partial charge >= 0.3 is 0 Å². The van der Waals surface area contributed by atoms with Gasteiger partial charge in [0.05, 0.1) is 0 Å². The Morgan fingerprint density at radius 3 is 2.10 bits per heavy atom. The van der Waals surface area contributed by atoms with Gasteiger partial charge in [0, 0.05) is 12.1 Å². The van der Waals surface area contributed by atoms with Gasteiger partial charge in [0.25, 0.3) is 0 Å². The molecule has 60 valence electrons. The van der Waals surface area contributed by atoms with E-state index < -0.39 is 0 Å². The monoisotopic (exact) mass is 142 g/mol. The van der Waals surface area contributed by atoms with Crippen LogP contribution in [-0.4, -0.2) is 30.1 Å². The van der Waals surface area contributed by atoms with Crippen LogP contribution < -0.4 is 5.73 Å². The van der Waals surface area contributed by atoms with E-state index in [9.17, 15) is 0 Å². The first-order valence-electron chi connectivity index (χ1n) is 4.27. The largest absolute Gasteiger partial charge is 0.328 e. The minimum Gasteiger partial charge on any atom is -0.328 e. The van der Waals surface area contributed by atoms with E-state index in [1.807, 2.05) is 0 Å². The van der Waals surface area contributed by atoms with E-state index >= 15 is 0 Å². The van der Waals surface area contributed by atoms with Crippen molar-refractivity contribution in [3.63, 3.8) is 0 Å². The molecule has 0 heterocycles. The minimum absolute atomic E-state index is 0.491. The highest BCUT2D eigenvalue weighted by atomic mass is 15.2. The molecule has 0 aliphatic heterocycles. The molecule has 1 fully saturated rings.